The number of hydrogen-bond acceptors (Lipinski definition) is 3. The molecule has 0 bridgehead atoms. The summed E-state index contributed by atoms with van der Waals surface area (Å²) in [5.74, 6) is -0.276. The Bertz CT molecular complexity index is 227. The van der Waals surface area contributed by atoms with Crippen molar-refractivity contribution in [3.05, 3.63) is 0 Å². The number of nitrogens with one attached hydrogen (secondary N) is 2. The van der Waals surface area contributed by atoms with Crippen LogP contribution in [0.1, 0.15) is 33.6 Å². The molecule has 1 unspecified atom stereocenters. The smallest absolute Gasteiger partial charge is 0.239 e. The van der Waals surface area contributed by atoms with E-state index >= 15 is 0 Å². The van der Waals surface area contributed by atoms with Crippen molar-refractivity contribution in [2.24, 2.45) is 5.73 Å². The van der Waals surface area contributed by atoms with Crippen LogP contribution in [0.25, 0.3) is 0 Å². The summed E-state index contributed by atoms with van der Waals surface area (Å²) in [6.45, 7) is 6.32. The molecule has 0 saturated carbocycles. The first-order valence-corrected chi connectivity index (χ1v) is 5.28. The van der Waals surface area contributed by atoms with E-state index in [4.69, 9.17) is 5.73 Å². The lowest BCUT2D eigenvalue weighted by molar-refractivity contribution is -0.126. The second-order valence-electron chi connectivity index (χ2n) is 3.73. The highest BCUT2D eigenvalue weighted by Gasteiger charge is 2.25. The first-order chi connectivity index (χ1) is 6.94. The van der Waals surface area contributed by atoms with Gasteiger partial charge in [0.1, 0.15) is 0 Å². The van der Waals surface area contributed by atoms with Crippen LogP contribution in [0, 0.1) is 0 Å². The highest BCUT2D eigenvalue weighted by Crippen LogP contribution is 2.03. The molecule has 15 heavy (non-hydrogen) atoms. The normalized spacial score (nSPS) is 14.1. The van der Waals surface area contributed by atoms with E-state index in [0.29, 0.717) is 25.9 Å². The third-order valence-electron chi connectivity index (χ3n) is 2.26. The van der Waals surface area contributed by atoms with Crippen molar-refractivity contribution in [2.45, 2.75) is 39.2 Å². The van der Waals surface area contributed by atoms with Gasteiger partial charge < -0.3 is 16.4 Å². The van der Waals surface area contributed by atoms with Gasteiger partial charge in [0, 0.05) is 19.5 Å². The van der Waals surface area contributed by atoms with Crippen LogP contribution in [0.15, 0.2) is 0 Å². The van der Waals surface area contributed by atoms with Crippen LogP contribution in [0.2, 0.25) is 0 Å². The van der Waals surface area contributed by atoms with Gasteiger partial charge in [0.25, 0.3) is 0 Å². The Labute approximate surface area is 90.8 Å². The molecule has 0 radical (unpaired) electrons. The Balaban J connectivity index is 3.78. The van der Waals surface area contributed by atoms with Gasteiger partial charge in [0.2, 0.25) is 11.8 Å². The third-order valence-corrected chi connectivity index (χ3v) is 2.26. The Kier molecular flexibility index (Phi) is 5.93. The fourth-order valence-electron chi connectivity index (χ4n) is 0.938. The topological polar surface area (TPSA) is 84.2 Å². The minimum atomic E-state index is -0.846. The Morgan fingerprint density at radius 3 is 2.33 bits per heavy atom. The summed E-state index contributed by atoms with van der Waals surface area (Å²) in [5, 5.41) is 5.29. The van der Waals surface area contributed by atoms with Crippen LogP contribution in [0.5, 0.6) is 0 Å². The zero-order valence-electron chi connectivity index (χ0n) is 9.72. The molecular formula is C10H21N3O2. The van der Waals surface area contributed by atoms with Crippen LogP contribution in [0.3, 0.4) is 0 Å². The summed E-state index contributed by atoms with van der Waals surface area (Å²) >= 11 is 0. The van der Waals surface area contributed by atoms with Crippen molar-refractivity contribution in [2.75, 3.05) is 13.1 Å². The van der Waals surface area contributed by atoms with Crippen molar-refractivity contribution >= 4 is 11.8 Å². The van der Waals surface area contributed by atoms with Crippen molar-refractivity contribution < 1.29 is 9.59 Å². The van der Waals surface area contributed by atoms with Gasteiger partial charge in [0.05, 0.1) is 5.54 Å². The molecule has 0 spiro atoms. The van der Waals surface area contributed by atoms with Gasteiger partial charge in [-0.25, -0.2) is 0 Å². The number of carbonyl (C=O) groups is 2. The van der Waals surface area contributed by atoms with Crippen LogP contribution in [-0.4, -0.2) is 30.4 Å². The van der Waals surface area contributed by atoms with Crippen LogP contribution in [-0.2, 0) is 9.59 Å². The lowest BCUT2D eigenvalue weighted by Gasteiger charge is -2.21. The molecule has 2 amide bonds. The van der Waals surface area contributed by atoms with E-state index < -0.39 is 5.54 Å². The van der Waals surface area contributed by atoms with Crippen molar-refractivity contribution in [1.82, 2.24) is 10.6 Å². The minimum absolute atomic E-state index is 0.0620. The fourth-order valence-corrected chi connectivity index (χ4v) is 0.938. The van der Waals surface area contributed by atoms with Gasteiger partial charge in [-0.2, -0.15) is 0 Å². The lowest BCUT2D eigenvalue weighted by atomic mass is 10.00. The number of rotatable bonds is 6. The lowest BCUT2D eigenvalue weighted by Crippen LogP contribution is -2.51. The maximum absolute atomic E-state index is 11.5. The van der Waals surface area contributed by atoms with Gasteiger partial charge in [0.15, 0.2) is 0 Å². The van der Waals surface area contributed by atoms with E-state index in [2.05, 4.69) is 10.6 Å². The molecule has 88 valence electrons. The zero-order chi connectivity index (χ0) is 11.9. The summed E-state index contributed by atoms with van der Waals surface area (Å²) in [6.07, 6.45) is 0.860. The van der Waals surface area contributed by atoms with Gasteiger partial charge >= 0.3 is 0 Å². The van der Waals surface area contributed by atoms with Crippen molar-refractivity contribution in [3.63, 3.8) is 0 Å². The average Bonchev–Trinajstić information content (AvgIpc) is 2.18. The Hall–Kier alpha value is -1.10. The van der Waals surface area contributed by atoms with E-state index in [1.165, 1.54) is 0 Å². The molecule has 5 nitrogen and oxygen atoms in total. The maximum atomic E-state index is 11.5. The number of hydrogen-bond donors (Lipinski definition) is 3. The average molecular weight is 215 g/mol. The first kappa shape index (κ1) is 13.9. The van der Waals surface area contributed by atoms with Gasteiger partial charge in [-0.3, -0.25) is 9.59 Å². The highest BCUT2D eigenvalue weighted by molar-refractivity contribution is 5.86. The summed E-state index contributed by atoms with van der Waals surface area (Å²) in [4.78, 5) is 22.5. The largest absolute Gasteiger partial charge is 0.356 e. The van der Waals surface area contributed by atoms with Crippen LogP contribution in [0.4, 0.5) is 0 Å². The monoisotopic (exact) mass is 215 g/mol. The van der Waals surface area contributed by atoms with E-state index in [1.54, 1.807) is 6.92 Å². The summed E-state index contributed by atoms with van der Waals surface area (Å²) in [7, 11) is 0. The van der Waals surface area contributed by atoms with E-state index in [1.807, 2.05) is 13.8 Å². The predicted octanol–water partition coefficient (Wildman–Crippen LogP) is -0.244. The number of amides is 2. The van der Waals surface area contributed by atoms with Gasteiger partial charge in [-0.15, -0.1) is 0 Å². The SMILES string of the molecule is CCNC(=O)CCNC(=O)C(C)(N)CC. The second kappa shape index (κ2) is 6.40. The molecule has 4 N–H and O–H groups in total. The molecule has 1 atom stereocenters. The summed E-state index contributed by atoms with van der Waals surface area (Å²) in [6, 6.07) is 0. The third kappa shape index (κ3) is 5.37. The molecule has 0 heterocycles. The van der Waals surface area contributed by atoms with E-state index in [9.17, 15) is 9.59 Å². The van der Waals surface area contributed by atoms with Crippen LogP contribution < -0.4 is 16.4 Å². The van der Waals surface area contributed by atoms with Gasteiger partial charge in [-0.1, -0.05) is 6.92 Å². The minimum Gasteiger partial charge on any atom is -0.356 e. The second-order valence-corrected chi connectivity index (χ2v) is 3.73. The van der Waals surface area contributed by atoms with Crippen molar-refractivity contribution in [3.8, 4) is 0 Å². The van der Waals surface area contributed by atoms with Crippen molar-refractivity contribution in [1.29, 1.82) is 0 Å². The number of carbonyl (C=O) groups excluding carboxylic acids is 2. The molecule has 0 aromatic heterocycles. The van der Waals surface area contributed by atoms with E-state index in [-0.39, 0.29) is 11.8 Å². The molecule has 0 aliphatic rings. The Morgan fingerprint density at radius 2 is 1.87 bits per heavy atom. The molecule has 0 saturated heterocycles. The fraction of sp³-hybridized carbons (Fsp3) is 0.800. The predicted molar refractivity (Wildman–Crippen MR) is 59.2 cm³/mol. The Morgan fingerprint density at radius 1 is 1.27 bits per heavy atom. The highest BCUT2D eigenvalue weighted by atomic mass is 16.2. The quantitative estimate of drug-likeness (QED) is 0.571. The molecule has 0 aromatic rings. The zero-order valence-corrected chi connectivity index (χ0v) is 9.72. The summed E-state index contributed by atoms with van der Waals surface area (Å²) in [5.41, 5.74) is 4.88. The molecule has 0 aromatic carbocycles. The van der Waals surface area contributed by atoms with E-state index in [0.717, 1.165) is 0 Å². The molecule has 0 aliphatic heterocycles. The first-order valence-electron chi connectivity index (χ1n) is 5.28. The molecule has 0 aliphatic carbocycles. The molecule has 5 heteroatoms. The standard InChI is InChI=1S/C10H21N3O2/c1-4-10(3,11)9(15)13-7-6-8(14)12-5-2/h4-7,11H2,1-3H3,(H,12,14)(H,13,15). The molecular weight excluding hydrogens is 194 g/mol. The number of nitrogens with two attached hydrogens (primary N) is 1. The van der Waals surface area contributed by atoms with Gasteiger partial charge in [-0.05, 0) is 20.3 Å². The molecule has 0 fully saturated rings. The van der Waals surface area contributed by atoms with Crippen LogP contribution >= 0.6 is 0 Å². The summed E-state index contributed by atoms with van der Waals surface area (Å²) < 4.78 is 0. The molecule has 0 rings (SSSR count). The maximum Gasteiger partial charge on any atom is 0.239 e.